The summed E-state index contributed by atoms with van der Waals surface area (Å²) in [6.45, 7) is 4.71. The Bertz CT molecular complexity index is 433. The number of hydrogen-bond donors (Lipinski definition) is 0. The van der Waals surface area contributed by atoms with Crippen LogP contribution in [0.15, 0.2) is 24.3 Å². The first kappa shape index (κ1) is 14.2. The number of ketones is 1. The summed E-state index contributed by atoms with van der Waals surface area (Å²) in [4.78, 5) is 14.2. The van der Waals surface area contributed by atoms with Gasteiger partial charge in [-0.1, -0.05) is 25.1 Å². The molecule has 0 radical (unpaired) electrons. The van der Waals surface area contributed by atoms with Gasteiger partial charge in [-0.15, -0.1) is 0 Å². The van der Waals surface area contributed by atoms with Gasteiger partial charge in [0.05, 0.1) is 6.54 Å². The molecule has 19 heavy (non-hydrogen) atoms. The zero-order valence-corrected chi connectivity index (χ0v) is 11.6. The highest BCUT2D eigenvalue weighted by Crippen LogP contribution is 2.16. The van der Waals surface area contributed by atoms with Gasteiger partial charge in [0.2, 0.25) is 0 Å². The third kappa shape index (κ3) is 4.43. The van der Waals surface area contributed by atoms with E-state index in [1.807, 2.05) is 0 Å². The lowest BCUT2D eigenvalue weighted by Gasteiger charge is -2.18. The van der Waals surface area contributed by atoms with E-state index >= 15 is 0 Å². The Morgan fingerprint density at radius 2 is 2.11 bits per heavy atom. The van der Waals surface area contributed by atoms with Crippen molar-refractivity contribution in [2.24, 2.45) is 5.92 Å². The monoisotopic (exact) mass is 263 g/mol. The number of nitrogens with zero attached hydrogens (tertiary/aromatic N) is 1. The van der Waals surface area contributed by atoms with Gasteiger partial charge in [-0.25, -0.2) is 4.39 Å². The molecule has 3 heteroatoms. The molecular formula is C16H22FNO. The number of halogens is 1. The molecule has 1 aliphatic heterocycles. The van der Waals surface area contributed by atoms with E-state index < -0.39 is 0 Å². The third-order valence-corrected chi connectivity index (χ3v) is 3.85. The molecule has 0 spiro atoms. The molecule has 1 aliphatic rings. The van der Waals surface area contributed by atoms with Gasteiger partial charge in [0.1, 0.15) is 5.82 Å². The maximum absolute atomic E-state index is 13.5. The summed E-state index contributed by atoms with van der Waals surface area (Å²) in [6, 6.07) is 6.53. The van der Waals surface area contributed by atoms with Crippen molar-refractivity contribution in [1.29, 1.82) is 0 Å². The molecule has 1 saturated heterocycles. The minimum Gasteiger partial charge on any atom is -0.298 e. The zero-order chi connectivity index (χ0) is 13.7. The summed E-state index contributed by atoms with van der Waals surface area (Å²) in [5, 5.41) is 0. The molecule has 1 aromatic rings. The predicted octanol–water partition coefficient (Wildman–Crippen LogP) is 3.06. The molecule has 0 saturated carbocycles. The lowest BCUT2D eigenvalue weighted by molar-refractivity contribution is -0.119. The molecule has 1 heterocycles. The largest absolute Gasteiger partial charge is 0.298 e. The van der Waals surface area contributed by atoms with E-state index in [0.29, 0.717) is 12.1 Å². The standard InChI is InChI=1S/C16H22FNO/c1-13-5-4-9-18(10-8-13)12-15(19)11-14-6-2-3-7-16(14)17/h2-3,6-7,13H,4-5,8-12H2,1H3. The fourth-order valence-corrected chi connectivity index (χ4v) is 2.64. The number of benzene rings is 1. The summed E-state index contributed by atoms with van der Waals surface area (Å²) in [6.07, 6.45) is 3.78. The second-order valence-electron chi connectivity index (χ2n) is 5.62. The van der Waals surface area contributed by atoms with E-state index in [0.717, 1.165) is 31.8 Å². The minimum absolute atomic E-state index is 0.111. The van der Waals surface area contributed by atoms with Gasteiger partial charge >= 0.3 is 0 Å². The smallest absolute Gasteiger partial charge is 0.151 e. The Morgan fingerprint density at radius 3 is 2.89 bits per heavy atom. The van der Waals surface area contributed by atoms with Crippen LogP contribution in [0.4, 0.5) is 4.39 Å². The van der Waals surface area contributed by atoms with Crippen LogP contribution in [-0.4, -0.2) is 30.3 Å². The second-order valence-corrected chi connectivity index (χ2v) is 5.62. The predicted molar refractivity (Wildman–Crippen MR) is 74.6 cm³/mol. The molecule has 1 unspecified atom stereocenters. The molecular weight excluding hydrogens is 241 g/mol. The van der Waals surface area contributed by atoms with Crippen LogP contribution >= 0.6 is 0 Å². The Kier molecular flexibility index (Phi) is 5.08. The fourth-order valence-electron chi connectivity index (χ4n) is 2.64. The summed E-state index contributed by atoms with van der Waals surface area (Å²) >= 11 is 0. The van der Waals surface area contributed by atoms with Crippen LogP contribution in [-0.2, 0) is 11.2 Å². The van der Waals surface area contributed by atoms with Gasteiger partial charge in [-0.3, -0.25) is 9.69 Å². The first-order valence-electron chi connectivity index (χ1n) is 7.12. The van der Waals surface area contributed by atoms with Gasteiger partial charge in [0.15, 0.2) is 5.78 Å². The second kappa shape index (κ2) is 6.80. The highest BCUT2D eigenvalue weighted by atomic mass is 19.1. The van der Waals surface area contributed by atoms with Crippen LogP contribution in [0.25, 0.3) is 0 Å². The maximum atomic E-state index is 13.5. The molecule has 0 amide bonds. The maximum Gasteiger partial charge on any atom is 0.151 e. The Morgan fingerprint density at radius 1 is 1.32 bits per heavy atom. The molecule has 2 nitrogen and oxygen atoms in total. The highest BCUT2D eigenvalue weighted by Gasteiger charge is 2.17. The van der Waals surface area contributed by atoms with Gasteiger partial charge in [-0.2, -0.15) is 0 Å². The molecule has 0 bridgehead atoms. The number of hydrogen-bond acceptors (Lipinski definition) is 2. The molecule has 104 valence electrons. The molecule has 0 N–H and O–H groups in total. The zero-order valence-electron chi connectivity index (χ0n) is 11.6. The van der Waals surface area contributed by atoms with Crippen molar-refractivity contribution < 1.29 is 9.18 Å². The molecule has 1 aromatic carbocycles. The van der Waals surface area contributed by atoms with Crippen molar-refractivity contribution in [3.8, 4) is 0 Å². The van der Waals surface area contributed by atoms with Crippen molar-refractivity contribution >= 4 is 5.78 Å². The molecule has 0 aromatic heterocycles. The van der Waals surface area contributed by atoms with Crippen LogP contribution < -0.4 is 0 Å². The first-order valence-corrected chi connectivity index (χ1v) is 7.12. The van der Waals surface area contributed by atoms with E-state index in [2.05, 4.69) is 11.8 Å². The average Bonchev–Trinajstić information content (AvgIpc) is 2.57. The van der Waals surface area contributed by atoms with Crippen LogP contribution in [0.1, 0.15) is 31.7 Å². The number of likely N-dealkylation sites (tertiary alicyclic amines) is 1. The van der Waals surface area contributed by atoms with Crippen LogP contribution in [0.5, 0.6) is 0 Å². The number of carbonyl (C=O) groups excluding carboxylic acids is 1. The summed E-state index contributed by atoms with van der Waals surface area (Å²) < 4.78 is 13.5. The molecule has 1 atom stereocenters. The van der Waals surface area contributed by atoms with Gasteiger partial charge in [0.25, 0.3) is 0 Å². The van der Waals surface area contributed by atoms with Crippen molar-refractivity contribution in [1.82, 2.24) is 4.90 Å². The summed E-state index contributed by atoms with van der Waals surface area (Å²) in [7, 11) is 0. The molecule has 0 aliphatic carbocycles. The number of Topliss-reactive ketones (excluding diaryl/α,β-unsaturated/α-hetero) is 1. The highest BCUT2D eigenvalue weighted by molar-refractivity contribution is 5.82. The van der Waals surface area contributed by atoms with E-state index in [1.165, 1.54) is 12.5 Å². The van der Waals surface area contributed by atoms with E-state index in [4.69, 9.17) is 0 Å². The van der Waals surface area contributed by atoms with Crippen molar-refractivity contribution in [3.05, 3.63) is 35.6 Å². The van der Waals surface area contributed by atoms with Gasteiger partial charge in [0, 0.05) is 6.42 Å². The average molecular weight is 263 g/mol. The van der Waals surface area contributed by atoms with E-state index in [1.54, 1.807) is 18.2 Å². The first-order chi connectivity index (χ1) is 9.15. The van der Waals surface area contributed by atoms with E-state index in [9.17, 15) is 9.18 Å². The number of rotatable bonds is 4. The van der Waals surface area contributed by atoms with Crippen molar-refractivity contribution in [3.63, 3.8) is 0 Å². The SMILES string of the molecule is CC1CCCN(CC(=O)Cc2ccccc2F)CC1. The van der Waals surface area contributed by atoms with Crippen molar-refractivity contribution in [2.75, 3.05) is 19.6 Å². The normalized spacial score (nSPS) is 21.1. The topological polar surface area (TPSA) is 20.3 Å². The summed E-state index contributed by atoms with van der Waals surface area (Å²) in [5.74, 6) is 0.590. The van der Waals surface area contributed by atoms with Gasteiger partial charge in [-0.05, 0) is 49.9 Å². The number of carbonyl (C=O) groups is 1. The fraction of sp³-hybridized carbons (Fsp3) is 0.562. The van der Waals surface area contributed by atoms with Crippen molar-refractivity contribution in [2.45, 2.75) is 32.6 Å². The lowest BCUT2D eigenvalue weighted by atomic mass is 10.0. The van der Waals surface area contributed by atoms with E-state index in [-0.39, 0.29) is 18.0 Å². The lowest BCUT2D eigenvalue weighted by Crippen LogP contribution is -2.31. The Balaban J connectivity index is 1.86. The Labute approximate surface area is 114 Å². The van der Waals surface area contributed by atoms with Crippen LogP contribution in [0.2, 0.25) is 0 Å². The Hall–Kier alpha value is -1.22. The van der Waals surface area contributed by atoms with Gasteiger partial charge < -0.3 is 0 Å². The molecule has 2 rings (SSSR count). The third-order valence-electron chi connectivity index (χ3n) is 3.85. The molecule has 1 fully saturated rings. The van der Waals surface area contributed by atoms with Crippen LogP contribution in [0.3, 0.4) is 0 Å². The quantitative estimate of drug-likeness (QED) is 0.832. The minimum atomic E-state index is -0.277. The van der Waals surface area contributed by atoms with Crippen LogP contribution in [0, 0.1) is 11.7 Å². The summed E-state index contributed by atoms with van der Waals surface area (Å²) in [5.41, 5.74) is 0.510.